The highest BCUT2D eigenvalue weighted by molar-refractivity contribution is 8.14. The van der Waals surface area contributed by atoms with Gasteiger partial charge in [-0.25, -0.2) is 4.79 Å². The van der Waals surface area contributed by atoms with Gasteiger partial charge in [-0.1, -0.05) is 72.2 Å². The van der Waals surface area contributed by atoms with E-state index >= 15 is 0 Å². The normalized spacial score (nSPS) is 29.8. The number of amides is 4. The summed E-state index contributed by atoms with van der Waals surface area (Å²) in [5.74, 6) is -0.755. The van der Waals surface area contributed by atoms with Crippen molar-refractivity contribution in [3.8, 4) is 5.75 Å². The fourth-order valence-corrected chi connectivity index (χ4v) is 8.30. The molecule has 0 aliphatic carbocycles. The van der Waals surface area contributed by atoms with E-state index in [0.29, 0.717) is 43.7 Å². The first-order valence-corrected chi connectivity index (χ1v) is 21.0. The number of aliphatic imine (C=N–C) groups is 1. The molecule has 4 amide bonds. The zero-order valence-electron chi connectivity index (χ0n) is 34.9. The van der Waals surface area contributed by atoms with Crippen molar-refractivity contribution in [1.29, 1.82) is 0 Å². The van der Waals surface area contributed by atoms with E-state index in [-0.39, 0.29) is 41.7 Å². The summed E-state index contributed by atoms with van der Waals surface area (Å²) in [7, 11) is 4.69. The Labute approximate surface area is 337 Å². The van der Waals surface area contributed by atoms with Crippen molar-refractivity contribution < 1.29 is 33.4 Å². The van der Waals surface area contributed by atoms with Crippen molar-refractivity contribution in [3.63, 3.8) is 0 Å². The third kappa shape index (κ3) is 11.5. The average Bonchev–Trinajstić information content (AvgIpc) is 3.85. The summed E-state index contributed by atoms with van der Waals surface area (Å²) in [5.41, 5.74) is 0.459. The molecule has 308 valence electrons. The van der Waals surface area contributed by atoms with Gasteiger partial charge in [0.05, 0.1) is 18.2 Å². The van der Waals surface area contributed by atoms with Crippen LogP contribution in [0.2, 0.25) is 0 Å². The van der Waals surface area contributed by atoms with E-state index in [1.807, 2.05) is 32.1 Å². The van der Waals surface area contributed by atoms with Crippen molar-refractivity contribution in [2.24, 2.45) is 22.2 Å². The predicted molar refractivity (Wildman–Crippen MR) is 221 cm³/mol. The lowest BCUT2D eigenvalue weighted by Crippen LogP contribution is -2.59. The molecule has 1 saturated heterocycles. The Kier molecular flexibility index (Phi) is 15.8. The van der Waals surface area contributed by atoms with E-state index in [9.17, 15) is 24.0 Å². The van der Waals surface area contributed by atoms with Crippen LogP contribution < -0.4 is 10.1 Å². The molecule has 3 aliphatic heterocycles. The second-order valence-corrected chi connectivity index (χ2v) is 17.7. The molecule has 1 aromatic carbocycles. The minimum atomic E-state index is -0.997. The number of carbonyl (C=O) groups excluding carboxylic acids is 5. The topological polar surface area (TPSA) is 138 Å². The molecule has 13 heteroatoms. The van der Waals surface area contributed by atoms with Crippen LogP contribution >= 0.6 is 11.8 Å². The number of rotatable bonds is 5. The second-order valence-electron chi connectivity index (χ2n) is 16.7. The van der Waals surface area contributed by atoms with Gasteiger partial charge in [0.1, 0.15) is 36.0 Å². The molecule has 4 rings (SSSR count). The van der Waals surface area contributed by atoms with Gasteiger partial charge in [-0.05, 0) is 73.6 Å². The number of methoxy groups -OCH3 is 1. The number of ether oxygens (including phenoxy) is 2. The summed E-state index contributed by atoms with van der Waals surface area (Å²) in [6.45, 7) is 14.2. The molecular formula is C43H63N5O7S. The third-order valence-electron chi connectivity index (χ3n) is 11.3. The molecule has 3 aliphatic rings. The number of hydrogen-bond acceptors (Lipinski definition) is 9. The van der Waals surface area contributed by atoms with Crippen molar-refractivity contribution >= 4 is 46.4 Å². The minimum absolute atomic E-state index is 0.171. The predicted octanol–water partition coefficient (Wildman–Crippen LogP) is 5.45. The first-order valence-electron chi connectivity index (χ1n) is 20.0. The molecule has 0 spiro atoms. The van der Waals surface area contributed by atoms with Crippen LogP contribution in [-0.2, 0) is 35.1 Å². The van der Waals surface area contributed by atoms with Crippen LogP contribution in [0.15, 0.2) is 53.6 Å². The largest absolute Gasteiger partial charge is 0.497 e. The third-order valence-corrected chi connectivity index (χ3v) is 12.4. The number of thioether (sulfide) groups is 1. The number of cyclic esters (lactones) is 1. The Hall–Kier alpha value is -4.13. The molecule has 0 aromatic heterocycles. The zero-order chi connectivity index (χ0) is 41.3. The van der Waals surface area contributed by atoms with Gasteiger partial charge in [-0.3, -0.25) is 24.2 Å². The maximum absolute atomic E-state index is 14.5. The molecule has 1 fully saturated rings. The smallest absolute Gasteiger partial charge is 0.329 e. The fourth-order valence-electron chi connectivity index (χ4n) is 7.37. The van der Waals surface area contributed by atoms with Gasteiger partial charge in [-0.15, -0.1) is 11.8 Å². The fraction of sp³-hybridized carbons (Fsp3) is 0.628. The number of benzene rings is 1. The van der Waals surface area contributed by atoms with Gasteiger partial charge in [0, 0.05) is 38.9 Å². The zero-order valence-corrected chi connectivity index (χ0v) is 35.8. The molecule has 3 heterocycles. The Morgan fingerprint density at radius 1 is 1.00 bits per heavy atom. The summed E-state index contributed by atoms with van der Waals surface area (Å²) in [6, 6.07) is 3.44. The van der Waals surface area contributed by atoms with E-state index in [0.717, 1.165) is 17.0 Å². The van der Waals surface area contributed by atoms with E-state index in [1.165, 1.54) is 22.9 Å². The number of allylic oxidation sites excluding steroid dienone is 1. The van der Waals surface area contributed by atoms with Crippen LogP contribution in [-0.4, -0.2) is 119 Å². The quantitative estimate of drug-likeness (QED) is 0.389. The number of nitrogens with one attached hydrogen (secondary N) is 1. The molecule has 1 N–H and O–H groups in total. The number of fused-ring (bicyclic) bond motifs is 2. The highest BCUT2D eigenvalue weighted by atomic mass is 32.2. The van der Waals surface area contributed by atoms with Gasteiger partial charge in [-0.2, -0.15) is 0 Å². The van der Waals surface area contributed by atoms with Crippen LogP contribution in [0.4, 0.5) is 0 Å². The molecule has 0 radical (unpaired) electrons. The second kappa shape index (κ2) is 19.8. The molecule has 8 atom stereocenters. The van der Waals surface area contributed by atoms with Crippen molar-refractivity contribution in [2.75, 3.05) is 33.5 Å². The van der Waals surface area contributed by atoms with Crippen LogP contribution in [0, 0.1) is 17.3 Å². The van der Waals surface area contributed by atoms with E-state index in [2.05, 4.69) is 39.1 Å². The summed E-state index contributed by atoms with van der Waals surface area (Å²) in [6.07, 6.45) is 10.2. The van der Waals surface area contributed by atoms with Gasteiger partial charge >= 0.3 is 5.97 Å². The lowest BCUT2D eigenvalue weighted by Gasteiger charge is -2.39. The molecule has 0 unspecified atom stereocenters. The highest BCUT2D eigenvalue weighted by Gasteiger charge is 2.44. The summed E-state index contributed by atoms with van der Waals surface area (Å²) < 4.78 is 11.6. The SMILES string of the molecule is CC[C@H](C)[C@H]1C(=O)N2CCC[C@H]2C(=O)O[C@H](C(C)(C)C)C[C@@H](C)C/C=C/C2=N[C@@H](/C=C/C(=O)N[C@@H](Cc3ccc(OC)cc3)C(=O)N(C)[C@@H](C)C(=O)N1C)CS2. The summed E-state index contributed by atoms with van der Waals surface area (Å²) in [5, 5.41) is 3.75. The Morgan fingerprint density at radius 3 is 2.34 bits per heavy atom. The van der Waals surface area contributed by atoms with E-state index in [1.54, 1.807) is 56.0 Å². The number of nitrogens with zero attached hydrogens (tertiary/aromatic N) is 4. The monoisotopic (exact) mass is 793 g/mol. The maximum atomic E-state index is 14.5. The van der Waals surface area contributed by atoms with Gasteiger partial charge < -0.3 is 29.5 Å². The van der Waals surface area contributed by atoms with Gasteiger partial charge in [0.25, 0.3) is 0 Å². The first kappa shape index (κ1) is 44.6. The number of likely N-dealkylation sites (N-methyl/N-ethyl adjacent to an activating group) is 2. The lowest BCUT2D eigenvalue weighted by molar-refractivity contribution is -0.166. The standard InChI is InChI=1S/C43H63N5O7S/c1-11-28(3)38-41(52)48-23-13-15-34(48)42(53)55-35(43(5,6)7)24-27(2)14-12-16-37-44-31(26-56-37)19-22-36(49)45-33(25-30-17-20-32(54-10)21-18-30)40(51)46(8)29(4)39(50)47(38)9/h12,16-22,27-29,31,33-35,38H,11,13-15,23-26H2,1-10H3,(H,45,49)/b16-12+,22-19+/t27-,28-,29-,31-,33-,34-,35-,38-/m0/s1. The Bertz CT molecular complexity index is 1650. The van der Waals surface area contributed by atoms with Crippen LogP contribution in [0.3, 0.4) is 0 Å². The minimum Gasteiger partial charge on any atom is -0.497 e. The first-order chi connectivity index (χ1) is 26.4. The van der Waals surface area contributed by atoms with Crippen molar-refractivity contribution in [3.05, 3.63) is 54.1 Å². The molecule has 2 bridgehead atoms. The molecule has 1 aromatic rings. The maximum Gasteiger partial charge on any atom is 0.329 e. The summed E-state index contributed by atoms with van der Waals surface area (Å²) in [4.78, 5) is 79.4. The number of carbonyl (C=O) groups is 5. The van der Waals surface area contributed by atoms with Crippen LogP contribution in [0.25, 0.3) is 0 Å². The molecule has 56 heavy (non-hydrogen) atoms. The highest BCUT2D eigenvalue weighted by Crippen LogP contribution is 2.32. The molecule has 0 saturated carbocycles. The van der Waals surface area contributed by atoms with Crippen molar-refractivity contribution in [1.82, 2.24) is 20.0 Å². The van der Waals surface area contributed by atoms with Crippen LogP contribution in [0.5, 0.6) is 5.75 Å². The number of esters is 1. The van der Waals surface area contributed by atoms with E-state index < -0.39 is 47.9 Å². The lowest BCUT2D eigenvalue weighted by atomic mass is 9.83. The Balaban J connectivity index is 1.70. The van der Waals surface area contributed by atoms with E-state index in [4.69, 9.17) is 14.5 Å². The summed E-state index contributed by atoms with van der Waals surface area (Å²) >= 11 is 1.61. The molecular weight excluding hydrogens is 731 g/mol. The molecule has 12 nitrogen and oxygen atoms in total. The van der Waals surface area contributed by atoms with Gasteiger partial charge in [0.2, 0.25) is 23.6 Å². The average molecular weight is 794 g/mol. The number of hydrogen-bond donors (Lipinski definition) is 1. The Morgan fingerprint density at radius 2 is 1.70 bits per heavy atom. The van der Waals surface area contributed by atoms with Crippen molar-refractivity contribution in [2.45, 2.75) is 123 Å². The van der Waals surface area contributed by atoms with Gasteiger partial charge in [0.15, 0.2) is 0 Å². The van der Waals surface area contributed by atoms with Crippen LogP contribution in [0.1, 0.15) is 86.1 Å².